The molecule has 108 valence electrons. The molecule has 21 heavy (non-hydrogen) atoms. The highest BCUT2D eigenvalue weighted by Crippen LogP contribution is 2.28. The highest BCUT2D eigenvalue weighted by atomic mass is 16.6. The van der Waals surface area contributed by atoms with Crippen molar-refractivity contribution in [2.45, 2.75) is 19.3 Å². The summed E-state index contributed by atoms with van der Waals surface area (Å²) in [5.74, 6) is -0.0270. The number of hydrogen-bond acceptors (Lipinski definition) is 3. The topological polar surface area (TPSA) is 63.4 Å². The third-order valence-corrected chi connectivity index (χ3v) is 3.97. The third-order valence-electron chi connectivity index (χ3n) is 3.97. The summed E-state index contributed by atoms with van der Waals surface area (Å²) in [6.07, 6.45) is 3.21. The van der Waals surface area contributed by atoms with E-state index in [2.05, 4.69) is 0 Å². The van der Waals surface area contributed by atoms with Crippen LogP contribution in [0.4, 0.5) is 5.69 Å². The summed E-state index contributed by atoms with van der Waals surface area (Å²) in [7, 11) is 0. The lowest BCUT2D eigenvalue weighted by molar-refractivity contribution is -0.383. The van der Waals surface area contributed by atoms with E-state index in [1.54, 1.807) is 30.3 Å². The molecule has 0 N–H and O–H groups in total. The number of nitro groups is 1. The molecule has 1 fully saturated rings. The van der Waals surface area contributed by atoms with Gasteiger partial charge in [0.1, 0.15) is 0 Å². The van der Waals surface area contributed by atoms with Gasteiger partial charge in [0.05, 0.1) is 10.3 Å². The number of nitro benzene ring substituents is 1. The largest absolute Gasteiger partial charge is 0.339 e. The lowest BCUT2D eigenvalue weighted by atomic mass is 10.0. The molecule has 1 saturated heterocycles. The molecule has 0 saturated carbocycles. The van der Waals surface area contributed by atoms with Gasteiger partial charge in [-0.1, -0.05) is 18.2 Å². The summed E-state index contributed by atoms with van der Waals surface area (Å²) < 4.78 is 0. The van der Waals surface area contributed by atoms with Crippen LogP contribution in [0.25, 0.3) is 10.8 Å². The van der Waals surface area contributed by atoms with E-state index in [9.17, 15) is 14.9 Å². The molecule has 0 unspecified atom stereocenters. The lowest BCUT2D eigenvalue weighted by Crippen LogP contribution is -2.35. The second kappa shape index (κ2) is 5.52. The number of carbonyl (C=O) groups is 1. The number of likely N-dealkylation sites (tertiary alicyclic amines) is 1. The summed E-state index contributed by atoms with van der Waals surface area (Å²) in [6.45, 7) is 1.54. The minimum atomic E-state index is -0.405. The van der Waals surface area contributed by atoms with Gasteiger partial charge >= 0.3 is 0 Å². The van der Waals surface area contributed by atoms with Crippen LogP contribution in [0.2, 0.25) is 0 Å². The van der Waals surface area contributed by atoms with Crippen molar-refractivity contribution in [1.29, 1.82) is 0 Å². The maximum Gasteiger partial charge on any atom is 0.277 e. The van der Waals surface area contributed by atoms with Crippen LogP contribution in [-0.2, 0) is 0 Å². The predicted molar refractivity (Wildman–Crippen MR) is 80.4 cm³/mol. The molecule has 0 radical (unpaired) electrons. The minimum Gasteiger partial charge on any atom is -0.339 e. The fourth-order valence-electron chi connectivity index (χ4n) is 2.91. The van der Waals surface area contributed by atoms with Gasteiger partial charge in [0.2, 0.25) is 0 Å². The van der Waals surface area contributed by atoms with Gasteiger partial charge in [-0.05, 0) is 31.4 Å². The zero-order chi connectivity index (χ0) is 14.8. The first-order valence-corrected chi connectivity index (χ1v) is 7.14. The van der Waals surface area contributed by atoms with Gasteiger partial charge < -0.3 is 4.90 Å². The van der Waals surface area contributed by atoms with E-state index in [0.29, 0.717) is 16.3 Å². The van der Waals surface area contributed by atoms with Crippen LogP contribution in [0, 0.1) is 10.1 Å². The monoisotopic (exact) mass is 284 g/mol. The van der Waals surface area contributed by atoms with Crippen molar-refractivity contribution in [2.75, 3.05) is 13.1 Å². The second-order valence-electron chi connectivity index (χ2n) is 5.29. The molecule has 2 aromatic rings. The number of nitrogens with zero attached hydrogens (tertiary/aromatic N) is 2. The first-order valence-electron chi connectivity index (χ1n) is 7.14. The second-order valence-corrected chi connectivity index (χ2v) is 5.29. The van der Waals surface area contributed by atoms with Crippen LogP contribution in [-0.4, -0.2) is 28.8 Å². The van der Waals surface area contributed by atoms with E-state index in [4.69, 9.17) is 0 Å². The fraction of sp³-hybridized carbons (Fsp3) is 0.312. The molecular formula is C16H16N2O3. The minimum absolute atomic E-state index is 0.0270. The number of benzene rings is 2. The number of non-ortho nitro benzene ring substituents is 1. The summed E-state index contributed by atoms with van der Waals surface area (Å²) in [4.78, 5) is 25.2. The van der Waals surface area contributed by atoms with Gasteiger partial charge in [-0.2, -0.15) is 0 Å². The number of piperidine rings is 1. The van der Waals surface area contributed by atoms with Crippen molar-refractivity contribution in [3.63, 3.8) is 0 Å². The predicted octanol–water partition coefficient (Wildman–Crippen LogP) is 3.37. The van der Waals surface area contributed by atoms with E-state index in [0.717, 1.165) is 32.4 Å². The Morgan fingerprint density at radius 2 is 1.67 bits per heavy atom. The maximum atomic E-state index is 12.7. The molecule has 0 bridgehead atoms. The Morgan fingerprint density at radius 3 is 2.38 bits per heavy atom. The molecule has 3 rings (SSSR count). The van der Waals surface area contributed by atoms with Gasteiger partial charge in [-0.15, -0.1) is 0 Å². The molecule has 1 amide bonds. The van der Waals surface area contributed by atoms with Crippen LogP contribution in [0.15, 0.2) is 36.4 Å². The van der Waals surface area contributed by atoms with Gasteiger partial charge in [-0.25, -0.2) is 0 Å². The first-order chi connectivity index (χ1) is 10.2. The molecule has 0 aromatic heterocycles. The van der Waals surface area contributed by atoms with Crippen molar-refractivity contribution in [1.82, 2.24) is 4.90 Å². The van der Waals surface area contributed by atoms with Crippen molar-refractivity contribution in [3.05, 3.63) is 52.1 Å². The molecule has 5 heteroatoms. The van der Waals surface area contributed by atoms with Crippen LogP contribution in [0.1, 0.15) is 29.6 Å². The number of amides is 1. The molecule has 1 heterocycles. The molecule has 0 spiro atoms. The Bertz CT molecular complexity index is 706. The van der Waals surface area contributed by atoms with Crippen molar-refractivity contribution in [3.8, 4) is 0 Å². The molecule has 1 aliphatic heterocycles. The SMILES string of the molecule is O=C(c1cccc2c([N+](=O)[O-])cccc12)N1CCCCC1. The summed E-state index contributed by atoms with van der Waals surface area (Å²) >= 11 is 0. The third kappa shape index (κ3) is 2.46. The molecule has 1 aliphatic rings. The Labute approximate surface area is 122 Å². The Balaban J connectivity index is 2.08. The molecule has 0 aliphatic carbocycles. The van der Waals surface area contributed by atoms with Gasteiger partial charge in [0, 0.05) is 30.1 Å². The summed E-state index contributed by atoms with van der Waals surface area (Å²) in [5, 5.41) is 12.3. The van der Waals surface area contributed by atoms with Gasteiger partial charge in [0.15, 0.2) is 0 Å². The fourth-order valence-corrected chi connectivity index (χ4v) is 2.91. The zero-order valence-electron chi connectivity index (χ0n) is 11.6. The summed E-state index contributed by atoms with van der Waals surface area (Å²) in [6, 6.07) is 10.0. The number of carbonyl (C=O) groups excluding carboxylic acids is 1. The van der Waals surface area contributed by atoms with Crippen LogP contribution < -0.4 is 0 Å². The Kier molecular flexibility index (Phi) is 3.56. The van der Waals surface area contributed by atoms with Crippen LogP contribution in [0.5, 0.6) is 0 Å². The van der Waals surface area contributed by atoms with E-state index in [-0.39, 0.29) is 11.6 Å². The Hall–Kier alpha value is -2.43. The summed E-state index contributed by atoms with van der Waals surface area (Å²) in [5.41, 5.74) is 0.596. The van der Waals surface area contributed by atoms with Gasteiger partial charge in [0.25, 0.3) is 11.6 Å². The normalized spacial score (nSPS) is 15.1. The molecule has 5 nitrogen and oxygen atoms in total. The quantitative estimate of drug-likeness (QED) is 0.627. The average molecular weight is 284 g/mol. The molecule has 2 aromatic carbocycles. The van der Waals surface area contributed by atoms with Crippen LogP contribution >= 0.6 is 0 Å². The van der Waals surface area contributed by atoms with Crippen LogP contribution in [0.3, 0.4) is 0 Å². The lowest BCUT2D eigenvalue weighted by Gasteiger charge is -2.27. The average Bonchev–Trinajstić information content (AvgIpc) is 2.53. The van der Waals surface area contributed by atoms with Crippen molar-refractivity contribution < 1.29 is 9.72 Å². The molecular weight excluding hydrogens is 268 g/mol. The zero-order valence-corrected chi connectivity index (χ0v) is 11.6. The van der Waals surface area contributed by atoms with E-state index < -0.39 is 4.92 Å². The van der Waals surface area contributed by atoms with E-state index in [1.165, 1.54) is 6.07 Å². The first kappa shape index (κ1) is 13.5. The number of fused-ring (bicyclic) bond motifs is 1. The van der Waals surface area contributed by atoms with E-state index >= 15 is 0 Å². The van der Waals surface area contributed by atoms with Gasteiger partial charge in [-0.3, -0.25) is 14.9 Å². The number of rotatable bonds is 2. The van der Waals surface area contributed by atoms with E-state index in [1.807, 2.05) is 4.90 Å². The number of hydrogen-bond donors (Lipinski definition) is 0. The smallest absolute Gasteiger partial charge is 0.277 e. The standard InChI is InChI=1S/C16H16N2O3/c19-16(17-10-2-1-3-11-17)14-8-4-7-13-12(14)6-5-9-15(13)18(20)21/h4-9H,1-3,10-11H2. The van der Waals surface area contributed by atoms with Crippen molar-refractivity contribution in [2.24, 2.45) is 0 Å². The van der Waals surface area contributed by atoms with Crippen molar-refractivity contribution >= 4 is 22.4 Å². The highest BCUT2D eigenvalue weighted by Gasteiger charge is 2.21. The molecule has 0 atom stereocenters. The maximum absolute atomic E-state index is 12.7. The Morgan fingerprint density at radius 1 is 1.00 bits per heavy atom. The highest BCUT2D eigenvalue weighted by molar-refractivity contribution is 6.09.